The van der Waals surface area contributed by atoms with E-state index in [1.807, 2.05) is 34.6 Å². The van der Waals surface area contributed by atoms with Crippen molar-refractivity contribution < 1.29 is 53.0 Å². The number of rotatable bonds is 13. The Labute approximate surface area is 462 Å². The maximum Gasteiger partial charge on any atom is 0.329 e. The molecule has 2 aliphatic heterocycles. The highest BCUT2D eigenvalue weighted by molar-refractivity contribution is 5.99. The average molecular weight is 1090 g/mol. The first-order valence-corrected chi connectivity index (χ1v) is 28.0. The van der Waals surface area contributed by atoms with E-state index in [1.165, 1.54) is 35.8 Å². The summed E-state index contributed by atoms with van der Waals surface area (Å²) in [6.07, 6.45) is -1.53. The molecular formula is C59H90N8O11. The van der Waals surface area contributed by atoms with Gasteiger partial charge in [-0.2, -0.15) is 0 Å². The van der Waals surface area contributed by atoms with Crippen molar-refractivity contribution in [3.63, 3.8) is 0 Å². The van der Waals surface area contributed by atoms with E-state index in [2.05, 4.69) is 21.3 Å². The molecule has 0 radical (unpaired) electrons. The van der Waals surface area contributed by atoms with Crippen molar-refractivity contribution in [1.29, 1.82) is 0 Å². The minimum Gasteiger partial charge on any atom is -0.450 e. The lowest BCUT2D eigenvalue weighted by molar-refractivity contribution is -0.167. The molecular weight excluding hydrogens is 997 g/mol. The molecule has 2 aromatic rings. The van der Waals surface area contributed by atoms with Crippen molar-refractivity contribution >= 4 is 53.2 Å². The van der Waals surface area contributed by atoms with Crippen LogP contribution >= 0.6 is 0 Å². The molecule has 2 aromatic carbocycles. The van der Waals surface area contributed by atoms with Crippen LogP contribution in [-0.4, -0.2) is 160 Å². The number of amides is 8. The monoisotopic (exact) mass is 1090 g/mol. The number of likely N-dealkylation sites (N-methyl/N-ethyl adjacent to an activating group) is 3. The highest BCUT2D eigenvalue weighted by Gasteiger charge is 2.47. The van der Waals surface area contributed by atoms with Crippen LogP contribution in [-0.2, 0) is 54.3 Å². The number of ether oxygens (including phenoxy) is 1. The fourth-order valence-electron chi connectivity index (χ4n) is 10.5. The van der Waals surface area contributed by atoms with Gasteiger partial charge in [0.2, 0.25) is 41.4 Å². The second kappa shape index (κ2) is 29.0. The van der Waals surface area contributed by atoms with Crippen LogP contribution < -0.4 is 21.3 Å². The maximum absolute atomic E-state index is 15.3. The standard InChI is InChI=1S/C59H90N8O11/c1-16-37(11)45-57(75)65(14)47(38(12)17-2)53(71)61-41(31-33(3)4)55(73)64(13)46(35(7)8)59(77)78-50(36(9)10)54(72)62-44(34(5)6)52(70)60-42(32-39-25-20-18-21-26-39)56(74)66(15)48(49(68)40-27-22-19-23-28-40)58(76)67-30-24-29-43(67)51(69)63-45/h18-23,25-28,33-38,41-50,68H,16-17,24,29-32H2,1-15H3,(H,60,70)(H,61,71)(H,62,72)(H,63,69). The number of carbonyl (C=O) groups excluding carboxylic acids is 9. The van der Waals surface area contributed by atoms with E-state index in [9.17, 15) is 38.7 Å². The molecule has 0 aliphatic carbocycles. The van der Waals surface area contributed by atoms with E-state index in [1.54, 1.807) is 109 Å². The summed E-state index contributed by atoms with van der Waals surface area (Å²) in [6, 6.07) is 7.02. The first kappa shape index (κ1) is 64.2. The lowest BCUT2D eigenvalue weighted by atomic mass is 9.92. The van der Waals surface area contributed by atoms with E-state index in [4.69, 9.17) is 4.74 Å². The number of hydrogen-bond donors (Lipinski definition) is 5. The highest BCUT2D eigenvalue weighted by Crippen LogP contribution is 2.29. The minimum atomic E-state index is -1.64. The molecule has 12 atom stereocenters. The van der Waals surface area contributed by atoms with Crippen LogP contribution in [0.25, 0.3) is 0 Å². The minimum absolute atomic E-state index is 0.0722. The third-order valence-corrected chi connectivity index (χ3v) is 15.5. The summed E-state index contributed by atoms with van der Waals surface area (Å²) < 4.78 is 6.01. The molecule has 12 unspecified atom stereocenters. The largest absolute Gasteiger partial charge is 0.450 e. The van der Waals surface area contributed by atoms with Crippen molar-refractivity contribution in [1.82, 2.24) is 40.9 Å². The smallest absolute Gasteiger partial charge is 0.329 e. The van der Waals surface area contributed by atoms with Crippen molar-refractivity contribution in [2.24, 2.45) is 35.5 Å². The number of hydrogen-bond acceptors (Lipinski definition) is 11. The van der Waals surface area contributed by atoms with Crippen LogP contribution in [0.1, 0.15) is 132 Å². The molecule has 0 bridgehead atoms. The second-order valence-electron chi connectivity index (χ2n) is 23.0. The van der Waals surface area contributed by atoms with Crippen molar-refractivity contribution in [3.05, 3.63) is 71.8 Å². The molecule has 0 saturated carbocycles. The molecule has 2 heterocycles. The zero-order chi connectivity index (χ0) is 58.5. The Morgan fingerprint density at radius 3 is 1.62 bits per heavy atom. The third kappa shape index (κ3) is 15.9. The summed E-state index contributed by atoms with van der Waals surface area (Å²) >= 11 is 0. The molecule has 8 amide bonds. The molecule has 19 heteroatoms. The predicted octanol–water partition coefficient (Wildman–Crippen LogP) is 4.41. The van der Waals surface area contributed by atoms with Crippen molar-refractivity contribution in [3.8, 4) is 0 Å². The lowest BCUT2D eigenvalue weighted by Gasteiger charge is -2.38. The van der Waals surface area contributed by atoms with Crippen LogP contribution in [0.2, 0.25) is 0 Å². The van der Waals surface area contributed by atoms with Gasteiger partial charge in [0.15, 0.2) is 6.10 Å². The summed E-state index contributed by atoms with van der Waals surface area (Å²) in [4.78, 5) is 138. The summed E-state index contributed by atoms with van der Waals surface area (Å²) in [5.74, 6) is -9.22. The van der Waals surface area contributed by atoms with E-state index in [0.717, 1.165) is 4.90 Å². The van der Waals surface area contributed by atoms with E-state index >= 15 is 9.59 Å². The number of esters is 1. The number of aliphatic hydroxyl groups excluding tert-OH is 1. The Kier molecular flexibility index (Phi) is 23.9. The zero-order valence-electron chi connectivity index (χ0n) is 48.8. The highest BCUT2D eigenvalue weighted by atomic mass is 16.6. The SMILES string of the molecule is CCC(C)C1NC(=O)C2CCCN2C(=O)C(C(O)c2ccccc2)N(C)C(=O)C(Cc2ccccc2)NC(=O)C(C(C)C)NC(=O)C(C(C)C)OC(=O)C(C(C)C)N(C)C(=O)C(CC(C)C)NC(=O)C(C(C)CC)N(C)C1=O. The fraction of sp³-hybridized carbons (Fsp3) is 0.644. The second-order valence-corrected chi connectivity index (χ2v) is 23.0. The quantitative estimate of drug-likeness (QED) is 0.176. The molecule has 0 aromatic heterocycles. The number of fused-ring (bicyclic) bond motifs is 1. The molecule has 19 nitrogen and oxygen atoms in total. The predicted molar refractivity (Wildman–Crippen MR) is 296 cm³/mol. The number of benzene rings is 2. The van der Waals surface area contributed by atoms with Gasteiger partial charge in [0.05, 0.1) is 0 Å². The van der Waals surface area contributed by atoms with Gasteiger partial charge in [-0.3, -0.25) is 38.4 Å². The van der Waals surface area contributed by atoms with Crippen LogP contribution in [0.5, 0.6) is 0 Å². The first-order valence-electron chi connectivity index (χ1n) is 28.0. The van der Waals surface area contributed by atoms with Gasteiger partial charge in [-0.05, 0) is 65.9 Å². The first-order chi connectivity index (χ1) is 36.7. The Bertz CT molecular complexity index is 2380. The molecule has 2 aliphatic rings. The summed E-state index contributed by atoms with van der Waals surface area (Å²) in [5, 5.41) is 23.7. The van der Waals surface area contributed by atoms with Crippen LogP contribution in [0.15, 0.2) is 60.7 Å². The summed E-state index contributed by atoms with van der Waals surface area (Å²) in [7, 11) is 4.27. The van der Waals surface area contributed by atoms with Crippen molar-refractivity contribution in [2.45, 2.75) is 182 Å². The number of aliphatic hydroxyl groups is 1. The molecule has 432 valence electrons. The van der Waals surface area contributed by atoms with Gasteiger partial charge in [0.25, 0.3) is 5.91 Å². The zero-order valence-corrected chi connectivity index (χ0v) is 48.8. The van der Waals surface area contributed by atoms with Gasteiger partial charge >= 0.3 is 5.97 Å². The number of carbonyl (C=O) groups is 9. The third-order valence-electron chi connectivity index (χ3n) is 15.5. The van der Waals surface area contributed by atoms with Crippen LogP contribution in [0, 0.1) is 35.5 Å². The molecule has 2 saturated heterocycles. The molecule has 0 spiro atoms. The Hall–Kier alpha value is -6.37. The van der Waals surface area contributed by atoms with Crippen molar-refractivity contribution in [2.75, 3.05) is 27.7 Å². The lowest BCUT2D eigenvalue weighted by Crippen LogP contribution is -2.62. The normalized spacial score (nSPS) is 26.8. The van der Waals surface area contributed by atoms with Crippen LogP contribution in [0.3, 0.4) is 0 Å². The van der Waals surface area contributed by atoms with Gasteiger partial charge in [0.1, 0.15) is 54.4 Å². The average Bonchev–Trinajstić information content (AvgIpc) is 3.92. The Balaban J connectivity index is 1.96. The van der Waals surface area contributed by atoms with Crippen LogP contribution in [0.4, 0.5) is 0 Å². The number of nitrogens with zero attached hydrogens (tertiary/aromatic N) is 4. The fourth-order valence-corrected chi connectivity index (χ4v) is 10.5. The van der Waals surface area contributed by atoms with Gasteiger partial charge in [-0.1, -0.05) is 157 Å². The van der Waals surface area contributed by atoms with Gasteiger partial charge < -0.3 is 50.7 Å². The van der Waals surface area contributed by atoms with Gasteiger partial charge in [0, 0.05) is 34.1 Å². The van der Waals surface area contributed by atoms with Gasteiger partial charge in [-0.25, -0.2) is 4.79 Å². The Morgan fingerprint density at radius 2 is 1.08 bits per heavy atom. The van der Waals surface area contributed by atoms with E-state index in [-0.39, 0.29) is 31.7 Å². The summed E-state index contributed by atoms with van der Waals surface area (Å²) in [5.41, 5.74) is 0.944. The van der Waals surface area contributed by atoms with E-state index in [0.29, 0.717) is 30.4 Å². The molecule has 5 N–H and O–H groups in total. The van der Waals surface area contributed by atoms with Gasteiger partial charge in [-0.15, -0.1) is 0 Å². The van der Waals surface area contributed by atoms with E-state index < -0.39 is 143 Å². The number of nitrogens with one attached hydrogen (secondary N) is 4. The maximum atomic E-state index is 15.3. The summed E-state index contributed by atoms with van der Waals surface area (Å²) in [6.45, 7) is 21.3. The molecule has 2 fully saturated rings. The Morgan fingerprint density at radius 1 is 0.551 bits per heavy atom. The molecule has 78 heavy (non-hydrogen) atoms. The number of cyclic esters (lactones) is 1. The topological polar surface area (TPSA) is 244 Å². The molecule has 4 rings (SSSR count).